The molecule has 7 atom stereocenters. The summed E-state index contributed by atoms with van der Waals surface area (Å²) in [5.41, 5.74) is 1.58. The zero-order valence-electron chi connectivity index (χ0n) is 28.0. The van der Waals surface area contributed by atoms with Gasteiger partial charge in [0.05, 0.1) is 38.4 Å². The molecule has 256 valence electrons. The van der Waals surface area contributed by atoms with Gasteiger partial charge in [0.15, 0.2) is 11.5 Å². The standard InChI is InChI=1S/C36H54N2O8/c1-21(2)25-11-10-22(3)14-29(25)45-20-31(41)38(18-23-8-6-5-7-9-23)28-17-27(36(43)37-12-13-39)32-26-15-24(19-40)16-30(44-4)34(26)46-35(32)33(28)42/h15-17,21-23,25,28-29,32-33,35,39-40,42H,5-14,18-20H2,1-4H3,(H,37,43)/t22-,25+,28+,29-,32-,33-,35-/m0/s1. The molecule has 2 amide bonds. The molecule has 0 unspecified atom stereocenters. The van der Waals surface area contributed by atoms with E-state index in [9.17, 15) is 24.9 Å². The maximum Gasteiger partial charge on any atom is 0.249 e. The van der Waals surface area contributed by atoms with Crippen molar-refractivity contribution in [3.05, 3.63) is 34.9 Å². The van der Waals surface area contributed by atoms with Crippen LogP contribution in [0, 0.1) is 23.7 Å². The Kier molecular flexibility index (Phi) is 11.7. The lowest BCUT2D eigenvalue weighted by molar-refractivity contribution is -0.148. The van der Waals surface area contributed by atoms with Gasteiger partial charge in [0.2, 0.25) is 11.8 Å². The normalized spacial score (nSPS) is 29.4. The van der Waals surface area contributed by atoms with E-state index in [0.29, 0.717) is 52.5 Å². The molecule has 5 rings (SSSR count). The quantitative estimate of drug-likeness (QED) is 0.271. The average Bonchev–Trinajstić information content (AvgIpc) is 3.45. The van der Waals surface area contributed by atoms with E-state index in [2.05, 4.69) is 26.1 Å². The van der Waals surface area contributed by atoms with E-state index in [0.717, 1.165) is 38.5 Å². The summed E-state index contributed by atoms with van der Waals surface area (Å²) in [6, 6.07) is 2.64. The fourth-order valence-electron chi connectivity index (χ4n) is 8.22. The van der Waals surface area contributed by atoms with E-state index < -0.39 is 30.1 Å². The number of aliphatic hydroxyl groups is 3. The van der Waals surface area contributed by atoms with E-state index in [4.69, 9.17) is 14.2 Å². The molecule has 2 saturated carbocycles. The lowest BCUT2D eigenvalue weighted by atomic mass is 9.75. The van der Waals surface area contributed by atoms with Crippen molar-refractivity contribution in [3.63, 3.8) is 0 Å². The second kappa shape index (κ2) is 15.5. The number of hydrogen-bond donors (Lipinski definition) is 4. The van der Waals surface area contributed by atoms with E-state index in [-0.39, 0.29) is 44.3 Å². The lowest BCUT2D eigenvalue weighted by Gasteiger charge is -2.43. The molecule has 1 aromatic rings. The highest BCUT2D eigenvalue weighted by molar-refractivity contribution is 5.96. The van der Waals surface area contributed by atoms with Crippen LogP contribution in [0.5, 0.6) is 11.5 Å². The summed E-state index contributed by atoms with van der Waals surface area (Å²) in [5, 5.41) is 34.2. The van der Waals surface area contributed by atoms with Gasteiger partial charge in [0.1, 0.15) is 18.8 Å². The number of carbonyl (C=O) groups excluding carboxylic acids is 2. The van der Waals surface area contributed by atoms with Crippen LogP contribution in [0.2, 0.25) is 0 Å². The summed E-state index contributed by atoms with van der Waals surface area (Å²) in [5.74, 6) is 1.23. The van der Waals surface area contributed by atoms with Crippen LogP contribution in [0.1, 0.15) is 89.2 Å². The van der Waals surface area contributed by atoms with Crippen LogP contribution in [-0.4, -0.2) is 89.8 Å². The first-order valence-corrected chi connectivity index (χ1v) is 17.3. The number of hydrogen-bond acceptors (Lipinski definition) is 8. The predicted molar refractivity (Wildman–Crippen MR) is 173 cm³/mol. The summed E-state index contributed by atoms with van der Waals surface area (Å²) < 4.78 is 18.4. The summed E-state index contributed by atoms with van der Waals surface area (Å²) in [4.78, 5) is 29.7. The van der Waals surface area contributed by atoms with Crippen molar-refractivity contribution in [2.75, 3.05) is 33.4 Å². The highest BCUT2D eigenvalue weighted by Gasteiger charge is 2.51. The van der Waals surface area contributed by atoms with E-state index in [1.54, 1.807) is 23.1 Å². The van der Waals surface area contributed by atoms with Gasteiger partial charge < -0.3 is 39.7 Å². The molecular weight excluding hydrogens is 588 g/mol. The Balaban J connectivity index is 1.49. The van der Waals surface area contributed by atoms with Crippen molar-refractivity contribution in [3.8, 4) is 11.5 Å². The van der Waals surface area contributed by atoms with Crippen LogP contribution in [-0.2, 0) is 20.9 Å². The number of ether oxygens (including phenoxy) is 3. The zero-order valence-corrected chi connectivity index (χ0v) is 28.0. The number of methoxy groups -OCH3 is 1. The third kappa shape index (κ3) is 7.40. The SMILES string of the molecule is COc1cc(CO)cc2c1O[C@@H]1[C@@H](O)[C@H](N(CC3CCCCC3)C(=O)CO[C@H]3C[C@@H](C)CC[C@@H]3C(C)C)C=C(C(=O)NCCO)[C@H]21. The first kappa shape index (κ1) is 34.7. The van der Waals surface area contributed by atoms with Gasteiger partial charge in [-0.25, -0.2) is 0 Å². The second-order valence-corrected chi connectivity index (χ2v) is 14.2. The molecule has 0 bridgehead atoms. The minimum atomic E-state index is -1.14. The smallest absolute Gasteiger partial charge is 0.249 e. The Morgan fingerprint density at radius 3 is 2.54 bits per heavy atom. The third-order valence-corrected chi connectivity index (χ3v) is 10.7. The number of rotatable bonds is 12. The lowest BCUT2D eigenvalue weighted by Crippen LogP contribution is -2.57. The fourth-order valence-corrected chi connectivity index (χ4v) is 8.22. The average molecular weight is 643 g/mol. The Morgan fingerprint density at radius 2 is 1.87 bits per heavy atom. The van der Waals surface area contributed by atoms with Crippen molar-refractivity contribution >= 4 is 11.8 Å². The van der Waals surface area contributed by atoms with Crippen LogP contribution < -0.4 is 14.8 Å². The van der Waals surface area contributed by atoms with Crippen LogP contribution in [0.3, 0.4) is 0 Å². The number of fused-ring (bicyclic) bond motifs is 3. The molecule has 3 aliphatic carbocycles. The van der Waals surface area contributed by atoms with Gasteiger partial charge in [-0.1, -0.05) is 46.5 Å². The summed E-state index contributed by atoms with van der Waals surface area (Å²) in [6.45, 7) is 6.65. The van der Waals surface area contributed by atoms with Crippen LogP contribution in [0.4, 0.5) is 0 Å². The van der Waals surface area contributed by atoms with E-state index in [1.165, 1.54) is 20.0 Å². The number of amides is 2. The monoisotopic (exact) mass is 642 g/mol. The Bertz CT molecular complexity index is 1240. The van der Waals surface area contributed by atoms with Crippen molar-refractivity contribution in [1.82, 2.24) is 10.2 Å². The first-order chi connectivity index (χ1) is 22.2. The fraction of sp³-hybridized carbons (Fsp3) is 0.722. The molecule has 46 heavy (non-hydrogen) atoms. The third-order valence-electron chi connectivity index (χ3n) is 10.7. The molecule has 4 aliphatic rings. The minimum absolute atomic E-state index is 0.00102. The molecular formula is C36H54N2O8. The molecule has 0 spiro atoms. The van der Waals surface area contributed by atoms with Crippen molar-refractivity contribution in [1.29, 1.82) is 0 Å². The summed E-state index contributed by atoms with van der Waals surface area (Å²) in [6.07, 6.45) is 8.29. The first-order valence-electron chi connectivity index (χ1n) is 17.3. The zero-order chi connectivity index (χ0) is 33.0. The van der Waals surface area contributed by atoms with Gasteiger partial charge in [-0.15, -0.1) is 0 Å². The molecule has 4 N–H and O–H groups in total. The van der Waals surface area contributed by atoms with Gasteiger partial charge >= 0.3 is 0 Å². The molecule has 10 heteroatoms. The minimum Gasteiger partial charge on any atom is -0.493 e. The van der Waals surface area contributed by atoms with Crippen LogP contribution in [0.25, 0.3) is 0 Å². The molecule has 10 nitrogen and oxygen atoms in total. The number of benzene rings is 1. The molecule has 2 fully saturated rings. The van der Waals surface area contributed by atoms with E-state index >= 15 is 0 Å². The predicted octanol–water partition coefficient (Wildman–Crippen LogP) is 3.70. The molecule has 1 aromatic carbocycles. The Morgan fingerprint density at radius 1 is 1.11 bits per heavy atom. The van der Waals surface area contributed by atoms with Crippen molar-refractivity contribution in [2.45, 2.75) is 109 Å². The van der Waals surface area contributed by atoms with Gasteiger partial charge in [-0.05, 0) is 73.1 Å². The molecule has 0 saturated heterocycles. The molecule has 1 heterocycles. The highest BCUT2D eigenvalue weighted by atomic mass is 16.5. The van der Waals surface area contributed by atoms with Crippen molar-refractivity contribution < 1.29 is 39.1 Å². The summed E-state index contributed by atoms with van der Waals surface area (Å²) >= 11 is 0. The van der Waals surface area contributed by atoms with Crippen molar-refractivity contribution in [2.24, 2.45) is 23.7 Å². The maximum absolute atomic E-state index is 14.2. The van der Waals surface area contributed by atoms with Crippen LogP contribution in [0.15, 0.2) is 23.8 Å². The molecule has 0 aromatic heterocycles. The van der Waals surface area contributed by atoms with Gasteiger partial charge in [0, 0.05) is 24.2 Å². The topological polar surface area (TPSA) is 138 Å². The molecule has 1 aliphatic heterocycles. The molecule has 0 radical (unpaired) electrons. The Hall–Kier alpha value is -2.66. The summed E-state index contributed by atoms with van der Waals surface area (Å²) in [7, 11) is 1.51. The highest BCUT2D eigenvalue weighted by Crippen LogP contribution is 2.51. The maximum atomic E-state index is 14.2. The van der Waals surface area contributed by atoms with Gasteiger partial charge in [-0.3, -0.25) is 9.59 Å². The number of aliphatic hydroxyl groups excluding tert-OH is 3. The Labute approximate surface area is 273 Å². The largest absolute Gasteiger partial charge is 0.493 e. The van der Waals surface area contributed by atoms with Crippen LogP contribution >= 0.6 is 0 Å². The van der Waals surface area contributed by atoms with E-state index in [1.807, 2.05) is 0 Å². The number of nitrogens with zero attached hydrogens (tertiary/aromatic N) is 1. The number of carbonyl (C=O) groups is 2. The number of nitrogens with one attached hydrogen (secondary N) is 1. The van der Waals surface area contributed by atoms with Gasteiger partial charge in [-0.2, -0.15) is 0 Å². The van der Waals surface area contributed by atoms with Gasteiger partial charge in [0.25, 0.3) is 0 Å². The second-order valence-electron chi connectivity index (χ2n) is 14.2.